The zero-order chi connectivity index (χ0) is 14.6. The van der Waals surface area contributed by atoms with Gasteiger partial charge in [0.25, 0.3) is 0 Å². The van der Waals surface area contributed by atoms with Crippen LogP contribution in [0.1, 0.15) is 53.4 Å². The summed E-state index contributed by atoms with van der Waals surface area (Å²) in [5.41, 5.74) is -0.238. The Labute approximate surface area is 114 Å². The van der Waals surface area contributed by atoms with Crippen LogP contribution in [0.25, 0.3) is 0 Å². The lowest BCUT2D eigenvalue weighted by Gasteiger charge is -2.36. The normalized spacial score (nSPS) is 24.9. The lowest BCUT2D eigenvalue weighted by Crippen LogP contribution is -2.29. The third-order valence-electron chi connectivity index (χ3n) is 3.73. The largest absolute Gasteiger partial charge is 0.476 e. The molecule has 108 valence electrons. The topological polar surface area (TPSA) is 76.0 Å². The van der Waals surface area contributed by atoms with Gasteiger partial charge in [0.05, 0.1) is 0 Å². The van der Waals surface area contributed by atoms with E-state index in [1.54, 1.807) is 0 Å². The Hall–Kier alpha value is -1.39. The lowest BCUT2D eigenvalue weighted by molar-refractivity contribution is -0.130. The summed E-state index contributed by atoms with van der Waals surface area (Å²) in [7, 11) is 0. The van der Waals surface area contributed by atoms with Crippen molar-refractivity contribution in [2.45, 2.75) is 59.5 Å². The molecule has 1 aliphatic rings. The van der Waals surface area contributed by atoms with E-state index in [9.17, 15) is 9.59 Å². The van der Waals surface area contributed by atoms with Gasteiger partial charge >= 0.3 is 5.97 Å². The van der Waals surface area contributed by atoms with Crippen LogP contribution in [0, 0.1) is 11.3 Å². The lowest BCUT2D eigenvalue weighted by atomic mass is 9.72. The highest BCUT2D eigenvalue weighted by Crippen LogP contribution is 2.38. The SMILES string of the molecule is CC(=O)/C(=N\OC1CCC(C(C)(C)C)CC1)C(=O)O. The molecule has 5 heteroatoms. The Morgan fingerprint density at radius 2 is 1.68 bits per heavy atom. The molecule has 0 aliphatic heterocycles. The molecular formula is C14H23NO4. The number of Topliss-reactive ketones (excluding diaryl/α,β-unsaturated/α-hetero) is 1. The monoisotopic (exact) mass is 269 g/mol. The fourth-order valence-electron chi connectivity index (χ4n) is 2.42. The van der Waals surface area contributed by atoms with E-state index < -0.39 is 17.5 Å². The molecule has 0 amide bonds. The quantitative estimate of drug-likeness (QED) is 0.483. The Morgan fingerprint density at radius 3 is 2.05 bits per heavy atom. The number of oxime groups is 1. The third kappa shape index (κ3) is 4.65. The molecule has 0 aromatic heterocycles. The molecule has 0 unspecified atom stereocenters. The number of carboxylic acids is 1. The van der Waals surface area contributed by atoms with E-state index in [0.29, 0.717) is 11.3 Å². The summed E-state index contributed by atoms with van der Waals surface area (Å²) in [6.07, 6.45) is 3.73. The minimum absolute atomic E-state index is 0.0766. The molecule has 19 heavy (non-hydrogen) atoms. The fraction of sp³-hybridized carbons (Fsp3) is 0.786. The zero-order valence-electron chi connectivity index (χ0n) is 12.1. The molecule has 0 aromatic rings. The smallest absolute Gasteiger partial charge is 0.361 e. The van der Waals surface area contributed by atoms with E-state index in [0.717, 1.165) is 25.7 Å². The van der Waals surface area contributed by atoms with Gasteiger partial charge in [0.1, 0.15) is 6.10 Å². The van der Waals surface area contributed by atoms with Gasteiger partial charge < -0.3 is 9.94 Å². The maximum atomic E-state index is 11.1. The first-order valence-electron chi connectivity index (χ1n) is 6.70. The van der Waals surface area contributed by atoms with Crippen LogP contribution < -0.4 is 0 Å². The summed E-state index contributed by atoms with van der Waals surface area (Å²) >= 11 is 0. The van der Waals surface area contributed by atoms with Gasteiger partial charge in [-0.05, 0) is 37.0 Å². The average Bonchev–Trinajstić information content (AvgIpc) is 2.27. The summed E-state index contributed by atoms with van der Waals surface area (Å²) in [5, 5.41) is 12.3. The molecule has 0 spiro atoms. The van der Waals surface area contributed by atoms with E-state index in [4.69, 9.17) is 9.94 Å². The van der Waals surface area contributed by atoms with Gasteiger partial charge in [-0.2, -0.15) is 0 Å². The van der Waals surface area contributed by atoms with E-state index >= 15 is 0 Å². The Morgan fingerprint density at radius 1 is 1.16 bits per heavy atom. The van der Waals surface area contributed by atoms with Gasteiger partial charge in [0, 0.05) is 6.92 Å². The molecule has 0 atom stereocenters. The van der Waals surface area contributed by atoms with E-state index in [2.05, 4.69) is 25.9 Å². The molecule has 1 saturated carbocycles. The van der Waals surface area contributed by atoms with Crippen LogP contribution in [-0.4, -0.2) is 28.7 Å². The molecule has 0 aromatic carbocycles. The van der Waals surface area contributed by atoms with Crippen molar-refractivity contribution in [1.29, 1.82) is 0 Å². The van der Waals surface area contributed by atoms with Crippen LogP contribution in [0.5, 0.6) is 0 Å². The molecule has 0 heterocycles. The zero-order valence-corrected chi connectivity index (χ0v) is 12.1. The van der Waals surface area contributed by atoms with Crippen molar-refractivity contribution in [2.24, 2.45) is 16.5 Å². The molecule has 5 nitrogen and oxygen atoms in total. The number of carbonyl (C=O) groups is 2. The van der Waals surface area contributed by atoms with Gasteiger partial charge in [0.15, 0.2) is 5.78 Å². The second kappa shape index (κ2) is 6.17. The number of hydrogen-bond donors (Lipinski definition) is 1. The van der Waals surface area contributed by atoms with Crippen LogP contribution in [0.2, 0.25) is 0 Å². The first kappa shape index (κ1) is 15.7. The molecule has 1 fully saturated rings. The average molecular weight is 269 g/mol. The number of hydrogen-bond acceptors (Lipinski definition) is 4. The van der Waals surface area contributed by atoms with Crippen molar-refractivity contribution in [3.8, 4) is 0 Å². The summed E-state index contributed by atoms with van der Waals surface area (Å²) in [6.45, 7) is 7.87. The number of ketones is 1. The summed E-state index contributed by atoms with van der Waals surface area (Å²) in [4.78, 5) is 27.0. The fourth-order valence-corrected chi connectivity index (χ4v) is 2.42. The Kier molecular flexibility index (Phi) is 5.09. The molecular weight excluding hydrogens is 246 g/mol. The van der Waals surface area contributed by atoms with Crippen molar-refractivity contribution in [3.63, 3.8) is 0 Å². The minimum atomic E-state index is -1.34. The number of nitrogens with zero attached hydrogens (tertiary/aromatic N) is 1. The van der Waals surface area contributed by atoms with E-state index in [1.165, 1.54) is 6.92 Å². The van der Waals surface area contributed by atoms with Crippen molar-refractivity contribution in [2.75, 3.05) is 0 Å². The van der Waals surface area contributed by atoms with Gasteiger partial charge in [0.2, 0.25) is 5.71 Å². The van der Waals surface area contributed by atoms with Crippen LogP contribution in [0.15, 0.2) is 5.16 Å². The van der Waals surface area contributed by atoms with Crippen molar-refractivity contribution < 1.29 is 19.5 Å². The summed E-state index contributed by atoms with van der Waals surface area (Å²) < 4.78 is 0. The second-order valence-corrected chi connectivity index (χ2v) is 6.25. The first-order chi connectivity index (χ1) is 8.71. The maximum absolute atomic E-state index is 11.1. The predicted octanol–water partition coefficient (Wildman–Crippen LogP) is 2.64. The number of rotatable bonds is 4. The van der Waals surface area contributed by atoms with Crippen molar-refractivity contribution in [1.82, 2.24) is 0 Å². The van der Waals surface area contributed by atoms with Crippen LogP contribution in [-0.2, 0) is 14.4 Å². The van der Waals surface area contributed by atoms with Crippen molar-refractivity contribution >= 4 is 17.5 Å². The van der Waals surface area contributed by atoms with Gasteiger partial charge in [-0.3, -0.25) is 4.79 Å². The highest BCUT2D eigenvalue weighted by molar-refractivity contribution is 6.63. The van der Waals surface area contributed by atoms with Crippen LogP contribution in [0.3, 0.4) is 0 Å². The molecule has 1 N–H and O–H groups in total. The number of aliphatic carboxylic acids is 1. The molecule has 0 radical (unpaired) electrons. The maximum Gasteiger partial charge on any atom is 0.361 e. The molecule has 1 rings (SSSR count). The first-order valence-corrected chi connectivity index (χ1v) is 6.70. The van der Waals surface area contributed by atoms with Crippen molar-refractivity contribution in [3.05, 3.63) is 0 Å². The summed E-state index contributed by atoms with van der Waals surface area (Å²) in [5.74, 6) is -1.27. The Bertz CT molecular complexity index is 357. The molecule has 0 bridgehead atoms. The highest BCUT2D eigenvalue weighted by Gasteiger charge is 2.30. The van der Waals surface area contributed by atoms with Crippen LogP contribution in [0.4, 0.5) is 0 Å². The Balaban J connectivity index is 2.52. The van der Waals surface area contributed by atoms with Gasteiger partial charge in [-0.1, -0.05) is 25.9 Å². The number of carboxylic acid groups (broad SMARTS) is 1. The minimum Gasteiger partial charge on any atom is -0.476 e. The third-order valence-corrected chi connectivity index (χ3v) is 3.73. The van der Waals surface area contributed by atoms with E-state index in [-0.39, 0.29) is 6.10 Å². The second-order valence-electron chi connectivity index (χ2n) is 6.25. The van der Waals surface area contributed by atoms with Gasteiger partial charge in [-0.25, -0.2) is 4.79 Å². The number of carbonyl (C=O) groups excluding carboxylic acids is 1. The standard InChI is InChI=1S/C14H23NO4/c1-9(16)12(13(17)18)15-19-11-7-5-10(6-8-11)14(2,3)4/h10-11H,5-8H2,1-4H3,(H,17,18)/b15-12+. The molecule has 0 saturated heterocycles. The van der Waals surface area contributed by atoms with Gasteiger partial charge in [-0.15, -0.1) is 0 Å². The summed E-state index contributed by atoms with van der Waals surface area (Å²) in [6, 6.07) is 0. The van der Waals surface area contributed by atoms with Crippen LogP contribution >= 0.6 is 0 Å². The predicted molar refractivity (Wildman–Crippen MR) is 72.0 cm³/mol. The highest BCUT2D eigenvalue weighted by atomic mass is 16.6. The molecule has 1 aliphatic carbocycles. The van der Waals surface area contributed by atoms with E-state index in [1.807, 2.05) is 0 Å².